The molecular formula is C7H7F7N2O4S. The number of alkyl halides is 7. The van der Waals surface area contributed by atoms with Gasteiger partial charge in [-0.25, -0.2) is 17.5 Å². The lowest BCUT2D eigenvalue weighted by Gasteiger charge is -2.29. The summed E-state index contributed by atoms with van der Waals surface area (Å²) < 4.78 is 109. The largest absolute Gasteiger partial charge is 0.431 e. The fourth-order valence-electron chi connectivity index (χ4n) is 0.995. The Morgan fingerprint density at radius 3 is 1.76 bits per heavy atom. The number of halogens is 7. The highest BCUT2D eigenvalue weighted by Crippen LogP contribution is 2.48. The molecule has 1 N–H and O–H groups in total. The standard InChI is InChI=1S/C7H7F7N2O4S/c8-5(6(9,10)11,7(12,13)14)1-2-21(19,20)15-3-4(17)16-18/h15H,1-3H2. The number of hydrogen-bond donors (Lipinski definition) is 1. The monoisotopic (exact) mass is 348 g/mol. The van der Waals surface area contributed by atoms with E-state index in [0.717, 1.165) is 0 Å². The summed E-state index contributed by atoms with van der Waals surface area (Å²) in [5.41, 5.74) is -5.72. The van der Waals surface area contributed by atoms with Crippen LogP contribution in [0.5, 0.6) is 0 Å². The van der Waals surface area contributed by atoms with Gasteiger partial charge in [-0.05, 0) is 0 Å². The van der Waals surface area contributed by atoms with Gasteiger partial charge in [0.15, 0.2) is 0 Å². The minimum absolute atomic E-state index is 1.21. The molecule has 0 aromatic heterocycles. The van der Waals surface area contributed by atoms with Crippen molar-refractivity contribution in [1.29, 1.82) is 0 Å². The highest BCUT2D eigenvalue weighted by molar-refractivity contribution is 7.89. The van der Waals surface area contributed by atoms with Gasteiger partial charge in [-0.2, -0.15) is 26.3 Å². The van der Waals surface area contributed by atoms with Crippen LogP contribution in [0.1, 0.15) is 6.42 Å². The lowest BCUT2D eigenvalue weighted by molar-refractivity contribution is -0.341. The van der Waals surface area contributed by atoms with Crippen molar-refractivity contribution in [3.8, 4) is 0 Å². The van der Waals surface area contributed by atoms with Crippen LogP contribution in [0, 0.1) is 4.91 Å². The van der Waals surface area contributed by atoms with Crippen molar-refractivity contribution in [1.82, 2.24) is 4.72 Å². The van der Waals surface area contributed by atoms with Gasteiger partial charge in [-0.15, -0.1) is 4.91 Å². The first-order valence-electron chi connectivity index (χ1n) is 4.82. The predicted octanol–water partition coefficient (Wildman–Crippen LogP) is 1.42. The highest BCUT2D eigenvalue weighted by atomic mass is 32.2. The molecule has 0 aromatic carbocycles. The van der Waals surface area contributed by atoms with Gasteiger partial charge in [0.25, 0.3) is 5.67 Å². The minimum Gasteiger partial charge on any atom is -0.267 e. The second-order valence-corrected chi connectivity index (χ2v) is 5.60. The summed E-state index contributed by atoms with van der Waals surface area (Å²) in [5.74, 6) is -3.47. The van der Waals surface area contributed by atoms with Crippen molar-refractivity contribution in [3.05, 3.63) is 4.91 Å². The van der Waals surface area contributed by atoms with E-state index < -0.39 is 52.7 Å². The predicted molar refractivity (Wildman–Crippen MR) is 53.2 cm³/mol. The van der Waals surface area contributed by atoms with Crippen LogP contribution >= 0.6 is 0 Å². The summed E-state index contributed by atoms with van der Waals surface area (Å²) in [4.78, 5) is 19.9. The van der Waals surface area contributed by atoms with Crippen molar-refractivity contribution in [2.75, 3.05) is 12.3 Å². The normalized spacial score (nSPS) is 14.0. The third kappa shape index (κ3) is 5.18. The zero-order valence-corrected chi connectivity index (χ0v) is 10.6. The molecule has 14 heteroatoms. The van der Waals surface area contributed by atoms with Crippen LogP contribution < -0.4 is 4.72 Å². The van der Waals surface area contributed by atoms with E-state index in [1.54, 1.807) is 5.18 Å². The van der Waals surface area contributed by atoms with E-state index in [-0.39, 0.29) is 0 Å². The molecule has 0 saturated carbocycles. The number of nitrogens with one attached hydrogen (secondary N) is 1. The number of carbonyl (C=O) groups is 1. The Balaban J connectivity index is 5.02. The molecular weight excluding hydrogens is 341 g/mol. The first kappa shape index (κ1) is 19.7. The van der Waals surface area contributed by atoms with E-state index in [4.69, 9.17) is 0 Å². The Labute approximate surface area is 112 Å². The Hall–Kier alpha value is -1.31. The van der Waals surface area contributed by atoms with Crippen LogP contribution in [0.4, 0.5) is 30.7 Å². The van der Waals surface area contributed by atoms with Crippen molar-refractivity contribution in [2.24, 2.45) is 5.18 Å². The number of amides is 1. The topological polar surface area (TPSA) is 92.7 Å². The summed E-state index contributed by atoms with van der Waals surface area (Å²) >= 11 is 0. The zero-order chi connectivity index (χ0) is 17.1. The Bertz CT molecular complexity index is 484. The van der Waals surface area contributed by atoms with Crippen LogP contribution in [0.3, 0.4) is 0 Å². The van der Waals surface area contributed by atoms with Gasteiger partial charge < -0.3 is 0 Å². The molecule has 21 heavy (non-hydrogen) atoms. The van der Waals surface area contributed by atoms with E-state index in [9.17, 15) is 48.9 Å². The summed E-state index contributed by atoms with van der Waals surface area (Å²) in [5, 5.41) is 1.73. The molecule has 1 amide bonds. The van der Waals surface area contributed by atoms with E-state index in [0.29, 0.717) is 0 Å². The van der Waals surface area contributed by atoms with Gasteiger partial charge >= 0.3 is 18.3 Å². The second-order valence-electron chi connectivity index (χ2n) is 3.67. The molecule has 0 aliphatic heterocycles. The first-order chi connectivity index (χ1) is 9.16. The van der Waals surface area contributed by atoms with Gasteiger partial charge in [0.2, 0.25) is 10.0 Å². The second kappa shape index (κ2) is 6.21. The lowest BCUT2D eigenvalue weighted by atomic mass is 10.0. The third-order valence-corrected chi connectivity index (χ3v) is 3.48. The maximum Gasteiger partial charge on any atom is 0.431 e. The molecule has 6 nitrogen and oxygen atoms in total. The van der Waals surface area contributed by atoms with Crippen LogP contribution in [-0.4, -0.2) is 44.6 Å². The fraction of sp³-hybridized carbons (Fsp3) is 0.857. The molecule has 0 aliphatic carbocycles. The highest BCUT2D eigenvalue weighted by Gasteiger charge is 2.72. The first-order valence-corrected chi connectivity index (χ1v) is 6.47. The minimum atomic E-state index is -6.37. The quantitative estimate of drug-likeness (QED) is 0.580. The van der Waals surface area contributed by atoms with E-state index in [1.165, 1.54) is 4.72 Å². The van der Waals surface area contributed by atoms with Crippen molar-refractivity contribution in [2.45, 2.75) is 24.4 Å². The van der Waals surface area contributed by atoms with Gasteiger partial charge in [-0.3, -0.25) is 4.79 Å². The summed E-state index contributed by atoms with van der Waals surface area (Å²) in [7, 11) is -4.85. The van der Waals surface area contributed by atoms with Gasteiger partial charge in [0.1, 0.15) is 0 Å². The smallest absolute Gasteiger partial charge is 0.267 e. The number of rotatable bonds is 6. The van der Waals surface area contributed by atoms with Crippen LogP contribution in [0.2, 0.25) is 0 Å². The van der Waals surface area contributed by atoms with E-state index >= 15 is 0 Å². The van der Waals surface area contributed by atoms with Gasteiger partial charge in [-0.1, -0.05) is 0 Å². The Morgan fingerprint density at radius 1 is 1.00 bits per heavy atom. The summed E-state index contributed by atoms with van der Waals surface area (Å²) in [6, 6.07) is 0. The van der Waals surface area contributed by atoms with Crippen LogP contribution in [0.25, 0.3) is 0 Å². The number of carbonyl (C=O) groups excluding carboxylic acids is 1. The molecule has 0 saturated heterocycles. The van der Waals surface area contributed by atoms with E-state index in [2.05, 4.69) is 0 Å². The Morgan fingerprint density at radius 2 is 1.43 bits per heavy atom. The molecule has 0 atom stereocenters. The van der Waals surface area contributed by atoms with E-state index in [1.807, 2.05) is 0 Å². The molecule has 0 fully saturated rings. The molecule has 0 aliphatic rings. The molecule has 0 bridgehead atoms. The van der Waals surface area contributed by atoms with Gasteiger partial charge in [0, 0.05) is 11.6 Å². The molecule has 0 heterocycles. The third-order valence-electron chi connectivity index (χ3n) is 2.16. The van der Waals surface area contributed by atoms with Crippen molar-refractivity contribution >= 4 is 15.9 Å². The van der Waals surface area contributed by atoms with Crippen molar-refractivity contribution in [3.63, 3.8) is 0 Å². The molecule has 0 aromatic rings. The Kier molecular flexibility index (Phi) is 5.82. The summed E-state index contributed by atoms with van der Waals surface area (Å²) in [6.45, 7) is -1.26. The van der Waals surface area contributed by atoms with Crippen molar-refractivity contribution < 1.29 is 43.9 Å². The maximum absolute atomic E-state index is 13.1. The SMILES string of the molecule is O=NC(=O)CNS(=O)(=O)CCC(F)(C(F)(F)F)C(F)(F)F. The number of sulfonamides is 1. The van der Waals surface area contributed by atoms with Crippen LogP contribution in [-0.2, 0) is 14.8 Å². The lowest BCUT2D eigenvalue weighted by Crippen LogP contribution is -2.54. The summed E-state index contributed by atoms with van der Waals surface area (Å²) in [6.07, 6.45) is -15.2. The molecule has 0 rings (SSSR count). The number of hydrogen-bond acceptors (Lipinski definition) is 4. The molecule has 0 spiro atoms. The molecule has 0 radical (unpaired) electrons. The molecule has 124 valence electrons. The average Bonchev–Trinajstić information content (AvgIpc) is 2.30. The van der Waals surface area contributed by atoms with Gasteiger partial charge in [0.05, 0.1) is 12.3 Å². The maximum atomic E-state index is 13.1. The number of nitroso groups, excluding NO2 is 1. The average molecular weight is 348 g/mol. The van der Waals surface area contributed by atoms with Crippen LogP contribution in [0.15, 0.2) is 5.18 Å². The number of nitrogens with zero attached hydrogens (tertiary/aromatic N) is 1. The zero-order valence-electron chi connectivity index (χ0n) is 9.76. The molecule has 0 unspecified atom stereocenters. The fourth-order valence-corrected chi connectivity index (χ4v) is 2.03.